The van der Waals surface area contributed by atoms with Crippen LogP contribution in [0.5, 0.6) is 0 Å². The monoisotopic (exact) mass is 720 g/mol. The van der Waals surface area contributed by atoms with Crippen molar-refractivity contribution in [1.82, 2.24) is 5.32 Å². The highest BCUT2D eigenvalue weighted by Gasteiger charge is 2.22. The third kappa shape index (κ3) is 37.0. The van der Waals surface area contributed by atoms with Crippen molar-refractivity contribution in [3.8, 4) is 0 Å². The molecule has 302 valence electrons. The molecule has 0 radical (unpaired) electrons. The van der Waals surface area contributed by atoms with E-state index in [9.17, 15) is 20.1 Å². The average Bonchev–Trinajstić information content (AvgIpc) is 3.13. The molecule has 0 aromatic heterocycles. The predicted molar refractivity (Wildman–Crippen MR) is 222 cm³/mol. The Hall–Kier alpha value is -1.17. The first kappa shape index (κ1) is 49.8. The van der Waals surface area contributed by atoms with E-state index in [1.165, 1.54) is 180 Å². The first-order chi connectivity index (χ1) is 25.1. The van der Waals surface area contributed by atoms with Crippen LogP contribution >= 0.6 is 0 Å². The molecule has 0 aromatic carbocycles. The van der Waals surface area contributed by atoms with E-state index in [2.05, 4.69) is 31.3 Å². The predicted octanol–water partition coefficient (Wildman–Crippen LogP) is 13.0. The van der Waals surface area contributed by atoms with Crippen molar-refractivity contribution in [2.24, 2.45) is 0 Å². The fourth-order valence-corrected chi connectivity index (χ4v) is 6.97. The minimum absolute atomic E-state index is 0.373. The summed E-state index contributed by atoms with van der Waals surface area (Å²) < 4.78 is 0. The Bertz CT molecular complexity index is 754. The van der Waals surface area contributed by atoms with Crippen molar-refractivity contribution in [2.75, 3.05) is 6.61 Å². The normalized spacial score (nSPS) is 13.7. The Morgan fingerprint density at radius 1 is 0.471 bits per heavy atom. The average molecular weight is 720 g/mol. The van der Waals surface area contributed by atoms with Crippen molar-refractivity contribution >= 4 is 5.91 Å². The molecular weight excluding hydrogens is 631 g/mol. The van der Waals surface area contributed by atoms with Crippen LogP contribution in [-0.2, 0) is 4.79 Å². The number of aliphatic hydroxyl groups is 3. The van der Waals surface area contributed by atoms with Crippen LogP contribution in [0.25, 0.3) is 0 Å². The maximum absolute atomic E-state index is 12.5. The largest absolute Gasteiger partial charge is 0.394 e. The molecule has 4 N–H and O–H groups in total. The molecule has 3 unspecified atom stereocenters. The summed E-state index contributed by atoms with van der Waals surface area (Å²) in [5.74, 6) is -0.510. The Labute approximate surface area is 318 Å². The van der Waals surface area contributed by atoms with Gasteiger partial charge in [0.1, 0.15) is 6.10 Å². The van der Waals surface area contributed by atoms with E-state index in [0.717, 1.165) is 38.5 Å². The second kappa shape index (κ2) is 41.6. The van der Waals surface area contributed by atoms with E-state index in [-0.39, 0.29) is 6.61 Å². The smallest absolute Gasteiger partial charge is 0.249 e. The first-order valence-corrected chi connectivity index (χ1v) is 22.7. The number of carbonyl (C=O) groups excluding carboxylic acids is 1. The lowest BCUT2D eigenvalue weighted by Crippen LogP contribution is -2.48. The summed E-state index contributed by atoms with van der Waals surface area (Å²) in [5, 5.41) is 33.1. The number of hydrogen-bond acceptors (Lipinski definition) is 4. The van der Waals surface area contributed by atoms with Gasteiger partial charge in [-0.3, -0.25) is 4.79 Å². The molecule has 0 aliphatic rings. The lowest BCUT2D eigenvalue weighted by molar-refractivity contribution is -0.131. The number of nitrogens with one attached hydrogen (secondary N) is 1. The second-order valence-corrected chi connectivity index (χ2v) is 15.6. The maximum atomic E-state index is 12.5. The van der Waals surface area contributed by atoms with Gasteiger partial charge in [0.05, 0.1) is 18.8 Å². The number of allylic oxidation sites excluding steroid dienone is 3. The van der Waals surface area contributed by atoms with Crippen molar-refractivity contribution in [1.29, 1.82) is 0 Å². The van der Waals surface area contributed by atoms with E-state index < -0.39 is 24.2 Å². The minimum atomic E-state index is -1.10. The standard InChI is InChI=1S/C46H89NO4/c1-3-5-7-9-11-13-15-17-19-21-22-23-24-25-27-29-31-33-35-37-39-41-45(50)46(51)47-43(42-48)44(49)40-38-36-34-32-30-28-26-20-18-16-14-12-10-8-6-4-2/h30,32,38,40,43-45,48-50H,3-29,31,33-37,39,41-42H2,1-2H3,(H,47,51)/b32-30+,40-38+. The molecule has 0 fully saturated rings. The summed E-state index contributed by atoms with van der Waals surface area (Å²) in [5.41, 5.74) is 0. The van der Waals surface area contributed by atoms with E-state index in [4.69, 9.17) is 0 Å². The molecule has 0 aliphatic heterocycles. The van der Waals surface area contributed by atoms with Gasteiger partial charge in [-0.15, -0.1) is 0 Å². The molecule has 1 amide bonds. The van der Waals surface area contributed by atoms with Crippen LogP contribution in [0.1, 0.15) is 239 Å². The van der Waals surface area contributed by atoms with Crippen molar-refractivity contribution in [3.05, 3.63) is 24.3 Å². The van der Waals surface area contributed by atoms with Gasteiger partial charge in [-0.1, -0.05) is 231 Å². The summed E-state index contributed by atoms with van der Waals surface area (Å²) >= 11 is 0. The molecule has 5 nitrogen and oxygen atoms in total. The first-order valence-electron chi connectivity index (χ1n) is 22.7. The van der Waals surface area contributed by atoms with E-state index >= 15 is 0 Å². The number of hydrogen-bond donors (Lipinski definition) is 4. The Morgan fingerprint density at radius 3 is 1.20 bits per heavy atom. The number of rotatable bonds is 41. The molecule has 0 saturated carbocycles. The Morgan fingerprint density at radius 2 is 0.804 bits per heavy atom. The van der Waals surface area contributed by atoms with Gasteiger partial charge in [0.15, 0.2) is 0 Å². The highest BCUT2D eigenvalue weighted by molar-refractivity contribution is 5.80. The van der Waals surface area contributed by atoms with Crippen molar-refractivity contribution < 1.29 is 20.1 Å². The highest BCUT2D eigenvalue weighted by Crippen LogP contribution is 2.16. The molecule has 0 aliphatic carbocycles. The van der Waals surface area contributed by atoms with Gasteiger partial charge in [0.25, 0.3) is 0 Å². The third-order valence-electron chi connectivity index (χ3n) is 10.5. The summed E-state index contributed by atoms with van der Waals surface area (Å²) in [6.07, 6.45) is 50.7. The van der Waals surface area contributed by atoms with Gasteiger partial charge >= 0.3 is 0 Å². The fourth-order valence-electron chi connectivity index (χ4n) is 6.97. The zero-order chi connectivity index (χ0) is 37.3. The van der Waals surface area contributed by atoms with E-state index in [0.29, 0.717) is 6.42 Å². The SMILES string of the molecule is CCCCCCCCCCCC/C=C/CC/C=C/C(O)C(CO)NC(=O)C(O)CCCCCCCCCCCCCCCCCCCCCCC. The lowest BCUT2D eigenvalue weighted by Gasteiger charge is -2.21. The topological polar surface area (TPSA) is 89.8 Å². The Kier molecular flexibility index (Phi) is 40.6. The van der Waals surface area contributed by atoms with Crippen LogP contribution in [0.2, 0.25) is 0 Å². The fraction of sp³-hybridized carbons (Fsp3) is 0.891. The summed E-state index contributed by atoms with van der Waals surface area (Å²) in [6, 6.07) is -0.810. The number of unbranched alkanes of at least 4 members (excludes halogenated alkanes) is 31. The number of carbonyl (C=O) groups is 1. The van der Waals surface area contributed by atoms with Gasteiger partial charge in [0.2, 0.25) is 5.91 Å². The quantitative estimate of drug-likeness (QED) is 0.0374. The van der Waals surface area contributed by atoms with Crippen LogP contribution in [-0.4, -0.2) is 46.1 Å². The van der Waals surface area contributed by atoms with Gasteiger partial charge in [-0.2, -0.15) is 0 Å². The lowest BCUT2D eigenvalue weighted by atomic mass is 10.0. The molecule has 0 heterocycles. The van der Waals surface area contributed by atoms with Crippen LogP contribution < -0.4 is 5.32 Å². The minimum Gasteiger partial charge on any atom is -0.394 e. The maximum Gasteiger partial charge on any atom is 0.249 e. The molecule has 5 heteroatoms. The van der Waals surface area contributed by atoms with Crippen molar-refractivity contribution in [3.63, 3.8) is 0 Å². The second-order valence-electron chi connectivity index (χ2n) is 15.6. The zero-order valence-electron chi connectivity index (χ0n) is 34.2. The summed E-state index contributed by atoms with van der Waals surface area (Å²) in [4.78, 5) is 12.5. The molecule has 0 saturated heterocycles. The van der Waals surface area contributed by atoms with Crippen LogP contribution in [0.3, 0.4) is 0 Å². The van der Waals surface area contributed by atoms with E-state index in [1.54, 1.807) is 6.08 Å². The molecule has 0 bridgehead atoms. The van der Waals surface area contributed by atoms with Gasteiger partial charge in [-0.25, -0.2) is 0 Å². The number of aliphatic hydroxyl groups excluding tert-OH is 3. The molecule has 0 spiro atoms. The van der Waals surface area contributed by atoms with Gasteiger partial charge in [0, 0.05) is 0 Å². The van der Waals surface area contributed by atoms with Gasteiger partial charge in [-0.05, 0) is 32.1 Å². The van der Waals surface area contributed by atoms with E-state index in [1.807, 2.05) is 6.08 Å². The summed E-state index contributed by atoms with van der Waals surface area (Å²) in [6.45, 7) is 4.18. The third-order valence-corrected chi connectivity index (χ3v) is 10.5. The number of amides is 1. The Balaban J connectivity index is 3.66. The molecule has 0 aromatic rings. The molecule has 0 rings (SSSR count). The molecule has 3 atom stereocenters. The zero-order valence-corrected chi connectivity index (χ0v) is 34.2. The summed E-state index contributed by atoms with van der Waals surface area (Å²) in [7, 11) is 0. The van der Waals surface area contributed by atoms with Crippen LogP contribution in [0.4, 0.5) is 0 Å². The van der Waals surface area contributed by atoms with Crippen LogP contribution in [0.15, 0.2) is 24.3 Å². The highest BCUT2D eigenvalue weighted by atomic mass is 16.3. The van der Waals surface area contributed by atoms with Gasteiger partial charge < -0.3 is 20.6 Å². The van der Waals surface area contributed by atoms with Crippen molar-refractivity contribution in [2.45, 2.75) is 257 Å². The molecule has 51 heavy (non-hydrogen) atoms. The van der Waals surface area contributed by atoms with Crippen LogP contribution in [0, 0.1) is 0 Å². The molecular formula is C46H89NO4.